The molecule has 0 bridgehead atoms. The first kappa shape index (κ1) is 12.8. The van der Waals surface area contributed by atoms with Crippen molar-refractivity contribution in [2.75, 3.05) is 6.61 Å². The third-order valence-corrected chi connectivity index (χ3v) is 0.828. The smallest absolute Gasteiger partial charge is 0.306 e. The van der Waals surface area contributed by atoms with Gasteiger partial charge in [-0.3, -0.25) is 4.79 Å². The maximum atomic E-state index is 10.5. The lowest BCUT2D eigenvalue weighted by atomic mass is 10.3. The van der Waals surface area contributed by atoms with Crippen molar-refractivity contribution in [3.63, 3.8) is 0 Å². The lowest BCUT2D eigenvalue weighted by Crippen LogP contribution is -2.03. The third kappa shape index (κ3) is 9.17. The van der Waals surface area contributed by atoms with Gasteiger partial charge < -0.3 is 9.53 Å². The zero-order valence-corrected chi connectivity index (χ0v) is 6.93. The van der Waals surface area contributed by atoms with Crippen molar-refractivity contribution < 1.29 is 14.3 Å². The molecule has 0 spiro atoms. The number of ether oxygens (including phenoxy) is 1. The molecule has 0 unspecified atom stereocenters. The molecule has 4 heteroatoms. The highest BCUT2D eigenvalue weighted by molar-refractivity contribution is 5.85. The van der Waals surface area contributed by atoms with Crippen LogP contribution in [0, 0.1) is 0 Å². The molecule has 0 atom stereocenters. The highest BCUT2D eigenvalue weighted by Gasteiger charge is 1.98. The molecule has 0 N–H and O–H groups in total. The van der Waals surface area contributed by atoms with E-state index >= 15 is 0 Å². The molecule has 0 amide bonds. The molecule has 0 saturated carbocycles. The number of hydrogen-bond donors (Lipinski definition) is 0. The van der Waals surface area contributed by atoms with Gasteiger partial charge in [0.2, 0.25) is 0 Å². The number of aldehydes is 1. The minimum Gasteiger partial charge on any atom is -0.461 e. The van der Waals surface area contributed by atoms with Gasteiger partial charge in [-0.2, -0.15) is 0 Å². The number of esters is 1. The second-order valence-electron chi connectivity index (χ2n) is 1.68. The summed E-state index contributed by atoms with van der Waals surface area (Å²) >= 11 is 0. The highest BCUT2D eigenvalue weighted by atomic mass is 35.5. The Kier molecular flexibility index (Phi) is 10.7. The van der Waals surface area contributed by atoms with Crippen LogP contribution in [0.4, 0.5) is 0 Å². The fourth-order valence-corrected chi connectivity index (χ4v) is 0.401. The minimum atomic E-state index is -0.355. The van der Waals surface area contributed by atoms with Crippen LogP contribution >= 0.6 is 12.4 Å². The lowest BCUT2D eigenvalue weighted by Gasteiger charge is -1.96. The van der Waals surface area contributed by atoms with Crippen LogP contribution in [0.25, 0.3) is 0 Å². The summed E-state index contributed by atoms with van der Waals surface area (Å²) in [5.41, 5.74) is 0. The van der Waals surface area contributed by atoms with Gasteiger partial charge >= 0.3 is 5.97 Å². The molecule has 0 aliphatic heterocycles. The van der Waals surface area contributed by atoms with Gasteiger partial charge in [0, 0.05) is 6.42 Å². The van der Waals surface area contributed by atoms with E-state index in [-0.39, 0.29) is 37.8 Å². The fourth-order valence-electron chi connectivity index (χ4n) is 0.401. The third-order valence-electron chi connectivity index (χ3n) is 0.828. The summed E-state index contributed by atoms with van der Waals surface area (Å²) in [4.78, 5) is 20.3. The van der Waals surface area contributed by atoms with E-state index in [1.807, 2.05) is 0 Å². The van der Waals surface area contributed by atoms with Gasteiger partial charge in [0.25, 0.3) is 0 Å². The summed E-state index contributed by atoms with van der Waals surface area (Å²) in [6.45, 7) is 3.59. The molecule has 0 aliphatic rings. The van der Waals surface area contributed by atoms with Crippen molar-refractivity contribution in [1.82, 2.24) is 0 Å². The first-order valence-electron chi connectivity index (χ1n) is 3.01. The van der Waals surface area contributed by atoms with Crippen molar-refractivity contribution in [1.29, 1.82) is 0 Å². The summed E-state index contributed by atoms with van der Waals surface area (Å²) in [7, 11) is 0. The van der Waals surface area contributed by atoms with Gasteiger partial charge in [-0.1, -0.05) is 12.7 Å². The van der Waals surface area contributed by atoms with Crippen LogP contribution in [0.15, 0.2) is 12.7 Å². The molecule has 0 aliphatic carbocycles. The number of carbonyl (C=O) groups is 2. The topological polar surface area (TPSA) is 43.4 Å². The molecule has 0 aromatic rings. The molecule has 0 rings (SSSR count). The average Bonchev–Trinajstić information content (AvgIpc) is 1.97. The van der Waals surface area contributed by atoms with Crippen molar-refractivity contribution in [3.8, 4) is 0 Å². The normalized spacial score (nSPS) is 7.64. The van der Waals surface area contributed by atoms with Gasteiger partial charge in [0.15, 0.2) is 0 Å². The van der Waals surface area contributed by atoms with E-state index < -0.39 is 0 Å². The maximum absolute atomic E-state index is 10.5. The molecule has 64 valence electrons. The first-order valence-corrected chi connectivity index (χ1v) is 3.01. The lowest BCUT2D eigenvalue weighted by molar-refractivity contribution is -0.143. The van der Waals surface area contributed by atoms with Crippen LogP contribution in [-0.4, -0.2) is 18.9 Å². The maximum Gasteiger partial charge on any atom is 0.306 e. The van der Waals surface area contributed by atoms with E-state index in [0.29, 0.717) is 6.29 Å². The SMILES string of the molecule is C=CCOC(=O)CCC=O.Cl. The zero-order valence-electron chi connectivity index (χ0n) is 6.12. The number of halogens is 1. The molecular weight excluding hydrogens is 168 g/mol. The van der Waals surface area contributed by atoms with Gasteiger partial charge in [-0.05, 0) is 0 Å². The number of rotatable bonds is 5. The summed E-state index contributed by atoms with van der Waals surface area (Å²) in [5, 5.41) is 0. The van der Waals surface area contributed by atoms with E-state index in [1.54, 1.807) is 0 Å². The average molecular weight is 179 g/mol. The van der Waals surface area contributed by atoms with E-state index in [4.69, 9.17) is 0 Å². The zero-order chi connectivity index (χ0) is 7.82. The van der Waals surface area contributed by atoms with Crippen LogP contribution in [-0.2, 0) is 14.3 Å². The predicted octanol–water partition coefficient (Wildman–Crippen LogP) is 1.12. The van der Waals surface area contributed by atoms with Crippen LogP contribution in [0.3, 0.4) is 0 Å². The second kappa shape index (κ2) is 9.17. The molecule has 0 saturated heterocycles. The molecule has 0 aromatic heterocycles. The minimum absolute atomic E-state index is 0. The fraction of sp³-hybridized carbons (Fsp3) is 0.429. The Morgan fingerprint density at radius 1 is 1.55 bits per heavy atom. The monoisotopic (exact) mass is 178 g/mol. The van der Waals surface area contributed by atoms with Crippen LogP contribution < -0.4 is 0 Å². The van der Waals surface area contributed by atoms with Gasteiger partial charge in [-0.25, -0.2) is 0 Å². The highest BCUT2D eigenvalue weighted by Crippen LogP contribution is 1.88. The van der Waals surface area contributed by atoms with Gasteiger partial charge in [0.1, 0.15) is 12.9 Å². The van der Waals surface area contributed by atoms with Gasteiger partial charge in [0.05, 0.1) is 6.42 Å². The Morgan fingerprint density at radius 3 is 2.64 bits per heavy atom. The van der Waals surface area contributed by atoms with Crippen molar-refractivity contribution in [3.05, 3.63) is 12.7 Å². The molecule has 11 heavy (non-hydrogen) atoms. The standard InChI is InChI=1S/C7H10O3.ClH/c1-2-6-10-7(9)4-3-5-8;/h2,5H,1,3-4,6H2;1H. The second-order valence-corrected chi connectivity index (χ2v) is 1.68. The Morgan fingerprint density at radius 2 is 2.18 bits per heavy atom. The number of carbonyl (C=O) groups excluding carboxylic acids is 2. The van der Waals surface area contributed by atoms with E-state index in [1.165, 1.54) is 6.08 Å². The Bertz CT molecular complexity index is 120. The molecule has 0 aromatic carbocycles. The first-order chi connectivity index (χ1) is 4.81. The van der Waals surface area contributed by atoms with Crippen molar-refractivity contribution in [2.24, 2.45) is 0 Å². The summed E-state index contributed by atoms with van der Waals surface area (Å²) in [6, 6.07) is 0. The summed E-state index contributed by atoms with van der Waals surface area (Å²) < 4.78 is 4.58. The Hall–Kier alpha value is -0.830. The van der Waals surface area contributed by atoms with Crippen LogP contribution in [0.1, 0.15) is 12.8 Å². The Labute approximate surface area is 71.8 Å². The quantitative estimate of drug-likeness (QED) is 0.360. The number of hydrogen-bond acceptors (Lipinski definition) is 3. The summed E-state index contributed by atoms with van der Waals surface area (Å²) in [5.74, 6) is -0.355. The van der Waals surface area contributed by atoms with E-state index in [2.05, 4.69) is 11.3 Å². The molecule has 0 radical (unpaired) electrons. The van der Waals surface area contributed by atoms with Crippen molar-refractivity contribution >= 4 is 24.7 Å². The summed E-state index contributed by atoms with van der Waals surface area (Å²) in [6.07, 6.45) is 2.57. The van der Waals surface area contributed by atoms with Crippen LogP contribution in [0.5, 0.6) is 0 Å². The molecule has 0 fully saturated rings. The molecule has 3 nitrogen and oxygen atoms in total. The van der Waals surface area contributed by atoms with E-state index in [9.17, 15) is 9.59 Å². The van der Waals surface area contributed by atoms with E-state index in [0.717, 1.165) is 0 Å². The largest absolute Gasteiger partial charge is 0.461 e. The molecule has 0 heterocycles. The van der Waals surface area contributed by atoms with Crippen LogP contribution in [0.2, 0.25) is 0 Å². The van der Waals surface area contributed by atoms with Gasteiger partial charge in [-0.15, -0.1) is 12.4 Å². The van der Waals surface area contributed by atoms with Crippen molar-refractivity contribution in [2.45, 2.75) is 12.8 Å². The Balaban J connectivity index is 0. The predicted molar refractivity (Wildman–Crippen MR) is 43.7 cm³/mol. The molecular formula is C7H11ClO3.